The van der Waals surface area contributed by atoms with Gasteiger partial charge in [0.05, 0.1) is 0 Å². The highest BCUT2D eigenvalue weighted by Crippen LogP contribution is 2.14. The van der Waals surface area contributed by atoms with Crippen LogP contribution in [0.25, 0.3) is 0 Å². The number of esters is 3. The van der Waals surface area contributed by atoms with Crippen LogP contribution >= 0.6 is 0 Å². The van der Waals surface area contributed by atoms with Crippen molar-refractivity contribution in [1.29, 1.82) is 0 Å². The molecule has 74 heavy (non-hydrogen) atoms. The van der Waals surface area contributed by atoms with Gasteiger partial charge >= 0.3 is 17.9 Å². The lowest BCUT2D eigenvalue weighted by molar-refractivity contribution is -0.167. The number of carbonyl (C=O) groups is 3. The van der Waals surface area contributed by atoms with Crippen molar-refractivity contribution in [3.05, 3.63) is 134 Å². The number of ether oxygens (including phenoxy) is 3. The highest BCUT2D eigenvalue weighted by Gasteiger charge is 2.19. The first-order valence-corrected chi connectivity index (χ1v) is 30.2. The predicted molar refractivity (Wildman–Crippen MR) is 320 cm³/mol. The van der Waals surface area contributed by atoms with E-state index in [9.17, 15) is 14.4 Å². The number of allylic oxidation sites excluding steroid dienone is 22. The van der Waals surface area contributed by atoms with Crippen LogP contribution in [0.3, 0.4) is 0 Å². The van der Waals surface area contributed by atoms with E-state index in [1.165, 1.54) is 77.0 Å². The molecule has 0 heterocycles. The zero-order valence-electron chi connectivity index (χ0n) is 47.8. The van der Waals surface area contributed by atoms with Gasteiger partial charge in [0, 0.05) is 19.3 Å². The van der Waals surface area contributed by atoms with E-state index in [1.807, 2.05) is 0 Å². The smallest absolute Gasteiger partial charge is 0.306 e. The van der Waals surface area contributed by atoms with Crippen LogP contribution in [-0.4, -0.2) is 37.2 Å². The Balaban J connectivity index is 4.22. The molecule has 1 unspecified atom stereocenters. The van der Waals surface area contributed by atoms with Crippen LogP contribution in [0.4, 0.5) is 0 Å². The van der Waals surface area contributed by atoms with Gasteiger partial charge in [-0.3, -0.25) is 14.4 Å². The fourth-order valence-electron chi connectivity index (χ4n) is 7.94. The summed E-state index contributed by atoms with van der Waals surface area (Å²) in [6, 6.07) is 0. The third kappa shape index (κ3) is 58.4. The van der Waals surface area contributed by atoms with Crippen LogP contribution in [0.15, 0.2) is 134 Å². The molecule has 0 saturated carbocycles. The van der Waals surface area contributed by atoms with Crippen LogP contribution in [0.5, 0.6) is 0 Å². The minimum Gasteiger partial charge on any atom is -0.462 e. The lowest BCUT2D eigenvalue weighted by atomic mass is 10.1. The van der Waals surface area contributed by atoms with Gasteiger partial charge in [-0.15, -0.1) is 0 Å². The Morgan fingerprint density at radius 3 is 0.838 bits per heavy atom. The van der Waals surface area contributed by atoms with E-state index in [2.05, 4.69) is 154 Å². The Morgan fingerprint density at radius 2 is 0.527 bits per heavy atom. The van der Waals surface area contributed by atoms with E-state index in [1.54, 1.807) is 0 Å². The Bertz CT molecular complexity index is 1600. The van der Waals surface area contributed by atoms with Crippen molar-refractivity contribution in [3.63, 3.8) is 0 Å². The molecule has 0 saturated heterocycles. The van der Waals surface area contributed by atoms with E-state index < -0.39 is 6.10 Å². The number of hydrogen-bond donors (Lipinski definition) is 0. The Hall–Kier alpha value is -4.45. The lowest BCUT2D eigenvalue weighted by Crippen LogP contribution is -2.30. The zero-order valence-corrected chi connectivity index (χ0v) is 47.8. The quantitative estimate of drug-likeness (QED) is 0.0261. The van der Waals surface area contributed by atoms with Gasteiger partial charge in [0.2, 0.25) is 0 Å². The molecular formula is C68H110O6. The minimum atomic E-state index is -0.798. The predicted octanol–water partition coefficient (Wildman–Crippen LogP) is 20.6. The van der Waals surface area contributed by atoms with E-state index in [0.29, 0.717) is 12.8 Å². The molecule has 0 radical (unpaired) electrons. The summed E-state index contributed by atoms with van der Waals surface area (Å²) in [4.78, 5) is 38.0. The number of rotatable bonds is 53. The summed E-state index contributed by atoms with van der Waals surface area (Å²) in [6.45, 7) is 6.36. The second-order valence-corrected chi connectivity index (χ2v) is 19.5. The second-order valence-electron chi connectivity index (χ2n) is 19.5. The van der Waals surface area contributed by atoms with E-state index in [0.717, 1.165) is 141 Å². The maximum absolute atomic E-state index is 12.8. The first-order valence-electron chi connectivity index (χ1n) is 30.2. The Morgan fingerprint density at radius 1 is 0.284 bits per heavy atom. The van der Waals surface area contributed by atoms with Gasteiger partial charge in [0.1, 0.15) is 13.2 Å². The third-order valence-electron chi connectivity index (χ3n) is 12.4. The molecule has 0 bridgehead atoms. The zero-order chi connectivity index (χ0) is 53.6. The fourth-order valence-corrected chi connectivity index (χ4v) is 7.94. The normalized spacial score (nSPS) is 13.1. The molecule has 0 amide bonds. The van der Waals surface area contributed by atoms with Crippen LogP contribution in [0.1, 0.15) is 258 Å². The SMILES string of the molecule is CC/C=C\C/C=C\C/C=C\C/C=C\C/C=C\C/C=C\C/C=C\C/C=C\CCCCCCCCCCC(=O)OCC(COC(=O)CCCCCCCCCCCC)OC(=O)CCCCC/C=C\C/C=C\C/C=C\CC. The van der Waals surface area contributed by atoms with Crippen molar-refractivity contribution in [1.82, 2.24) is 0 Å². The summed E-state index contributed by atoms with van der Waals surface area (Å²) in [6.07, 6.45) is 86.1. The van der Waals surface area contributed by atoms with Crippen molar-refractivity contribution >= 4 is 17.9 Å². The molecule has 0 aromatic heterocycles. The maximum Gasteiger partial charge on any atom is 0.306 e. The monoisotopic (exact) mass is 1020 g/mol. The average molecular weight is 1020 g/mol. The van der Waals surface area contributed by atoms with Gasteiger partial charge in [0.15, 0.2) is 6.10 Å². The summed E-state index contributed by atoms with van der Waals surface area (Å²) in [5.41, 5.74) is 0. The van der Waals surface area contributed by atoms with Crippen molar-refractivity contribution in [2.24, 2.45) is 0 Å². The summed E-state index contributed by atoms with van der Waals surface area (Å²) < 4.78 is 16.8. The molecule has 0 aromatic carbocycles. The molecule has 0 aliphatic carbocycles. The van der Waals surface area contributed by atoms with Crippen LogP contribution in [-0.2, 0) is 28.6 Å². The van der Waals surface area contributed by atoms with Gasteiger partial charge in [-0.05, 0) is 116 Å². The maximum atomic E-state index is 12.8. The van der Waals surface area contributed by atoms with E-state index in [4.69, 9.17) is 14.2 Å². The van der Waals surface area contributed by atoms with Crippen molar-refractivity contribution in [2.75, 3.05) is 13.2 Å². The van der Waals surface area contributed by atoms with Crippen molar-refractivity contribution in [2.45, 2.75) is 264 Å². The Labute approximate surface area is 455 Å². The van der Waals surface area contributed by atoms with Gasteiger partial charge in [0.25, 0.3) is 0 Å². The average Bonchev–Trinajstić information content (AvgIpc) is 3.40. The molecule has 0 fully saturated rings. The van der Waals surface area contributed by atoms with Gasteiger partial charge in [-0.1, -0.05) is 257 Å². The largest absolute Gasteiger partial charge is 0.462 e. The molecule has 1 atom stereocenters. The minimum absolute atomic E-state index is 0.0936. The highest BCUT2D eigenvalue weighted by atomic mass is 16.6. The van der Waals surface area contributed by atoms with Crippen LogP contribution in [0.2, 0.25) is 0 Å². The van der Waals surface area contributed by atoms with Gasteiger partial charge < -0.3 is 14.2 Å². The van der Waals surface area contributed by atoms with Crippen molar-refractivity contribution in [3.8, 4) is 0 Å². The topological polar surface area (TPSA) is 78.9 Å². The lowest BCUT2D eigenvalue weighted by Gasteiger charge is -2.18. The highest BCUT2D eigenvalue weighted by molar-refractivity contribution is 5.71. The number of carbonyl (C=O) groups excluding carboxylic acids is 3. The van der Waals surface area contributed by atoms with Gasteiger partial charge in [-0.2, -0.15) is 0 Å². The van der Waals surface area contributed by atoms with Crippen LogP contribution in [0, 0.1) is 0 Å². The molecule has 0 aliphatic rings. The second kappa shape index (κ2) is 61.1. The first kappa shape index (κ1) is 69.5. The van der Waals surface area contributed by atoms with Crippen LogP contribution < -0.4 is 0 Å². The first-order chi connectivity index (χ1) is 36.5. The van der Waals surface area contributed by atoms with Gasteiger partial charge in [-0.25, -0.2) is 0 Å². The molecule has 418 valence electrons. The molecule has 0 N–H and O–H groups in total. The van der Waals surface area contributed by atoms with Crippen molar-refractivity contribution < 1.29 is 28.6 Å². The molecule has 6 nitrogen and oxygen atoms in total. The standard InChI is InChI=1S/C68H110O6/c1-4-7-10-13-16-19-22-24-25-26-27-28-29-30-31-32-33-34-35-36-37-38-39-40-41-42-43-45-46-49-52-55-58-61-67(70)73-64-65(63-72-66(69)60-57-54-51-48-21-18-15-12-9-6-3)74-68(71)62-59-56-53-50-47-44-23-20-17-14-11-8-5-2/h7-8,10-11,16-17,19-20,24-25,27-28,30-31,33-34,36-37,39-40,44,47,65H,4-6,9,12-15,18,21-23,26,29,32,35,38,41-43,45-46,48-64H2,1-3H3/b10-7-,11-8-,19-16-,20-17-,25-24-,28-27-,31-30-,34-33-,37-36-,40-39-,47-44-. The molecular weight excluding hydrogens is 913 g/mol. The summed E-state index contributed by atoms with van der Waals surface area (Å²) in [5, 5.41) is 0. The van der Waals surface area contributed by atoms with E-state index in [-0.39, 0.29) is 37.5 Å². The summed E-state index contributed by atoms with van der Waals surface area (Å²) in [5.74, 6) is -0.936. The third-order valence-corrected chi connectivity index (χ3v) is 12.4. The molecule has 6 heteroatoms. The summed E-state index contributed by atoms with van der Waals surface area (Å²) >= 11 is 0. The molecule has 0 aromatic rings. The van der Waals surface area contributed by atoms with E-state index >= 15 is 0 Å². The molecule has 0 rings (SSSR count). The fraction of sp³-hybridized carbons (Fsp3) is 0.632. The molecule has 0 spiro atoms. The summed E-state index contributed by atoms with van der Waals surface area (Å²) in [7, 11) is 0. The number of unbranched alkanes of at least 4 members (excludes halogenated alkanes) is 20. The molecule has 0 aliphatic heterocycles. The number of hydrogen-bond acceptors (Lipinski definition) is 6. The Kier molecular flexibility index (Phi) is 57.4.